The Balaban J connectivity index is 3.18. The van der Waals surface area contributed by atoms with Crippen LogP contribution in [0.15, 0.2) is 18.2 Å². The second-order valence-corrected chi connectivity index (χ2v) is 9.28. The zero-order chi connectivity index (χ0) is 13.8. The van der Waals surface area contributed by atoms with Crippen molar-refractivity contribution in [3.63, 3.8) is 0 Å². The highest BCUT2D eigenvalue weighted by molar-refractivity contribution is 6.69. The quantitative estimate of drug-likeness (QED) is 0.768. The molecular formula is C13H19NO3Si. The molecule has 0 aliphatic rings. The molecule has 0 radical (unpaired) electrons. The highest BCUT2D eigenvalue weighted by Crippen LogP contribution is 2.36. The summed E-state index contributed by atoms with van der Waals surface area (Å²) in [7, 11) is 1.33. The number of methoxy groups -OCH3 is 2. The SMILES string of the molecule is COc1cccc(C(C#N)O[Si](C)(C)C)c1OC. The molecule has 0 aromatic heterocycles. The summed E-state index contributed by atoms with van der Waals surface area (Å²) in [5, 5.41) is 9.28. The highest BCUT2D eigenvalue weighted by atomic mass is 28.4. The Morgan fingerprint density at radius 3 is 2.28 bits per heavy atom. The number of ether oxygens (including phenoxy) is 2. The molecule has 0 N–H and O–H groups in total. The molecule has 0 amide bonds. The van der Waals surface area contributed by atoms with Crippen molar-refractivity contribution < 1.29 is 13.9 Å². The number of hydrogen-bond donors (Lipinski definition) is 0. The van der Waals surface area contributed by atoms with E-state index in [1.54, 1.807) is 20.3 Å². The minimum Gasteiger partial charge on any atom is -0.493 e. The molecule has 4 nitrogen and oxygen atoms in total. The number of hydrogen-bond acceptors (Lipinski definition) is 4. The summed E-state index contributed by atoms with van der Waals surface area (Å²) in [4.78, 5) is 0. The van der Waals surface area contributed by atoms with E-state index in [-0.39, 0.29) is 0 Å². The van der Waals surface area contributed by atoms with Crippen LogP contribution in [-0.4, -0.2) is 22.5 Å². The van der Waals surface area contributed by atoms with Gasteiger partial charge in [-0.3, -0.25) is 0 Å². The molecular weight excluding hydrogens is 246 g/mol. The Kier molecular flexibility index (Phi) is 4.76. The molecule has 18 heavy (non-hydrogen) atoms. The van der Waals surface area contributed by atoms with Crippen molar-refractivity contribution in [3.8, 4) is 17.6 Å². The Bertz CT molecular complexity index is 449. The molecule has 0 saturated carbocycles. The van der Waals surface area contributed by atoms with Gasteiger partial charge in [0.05, 0.1) is 20.3 Å². The third-order valence-electron chi connectivity index (χ3n) is 2.30. The molecule has 0 spiro atoms. The van der Waals surface area contributed by atoms with Crippen LogP contribution in [0.2, 0.25) is 19.6 Å². The topological polar surface area (TPSA) is 51.5 Å². The predicted octanol–water partition coefficient (Wildman–Crippen LogP) is 3.12. The van der Waals surface area contributed by atoms with E-state index in [1.807, 2.05) is 31.8 Å². The average molecular weight is 265 g/mol. The van der Waals surface area contributed by atoms with Crippen LogP contribution in [0.5, 0.6) is 11.5 Å². The van der Waals surface area contributed by atoms with E-state index in [1.165, 1.54) is 0 Å². The molecule has 1 aromatic rings. The van der Waals surface area contributed by atoms with E-state index in [9.17, 15) is 5.26 Å². The zero-order valence-corrected chi connectivity index (χ0v) is 12.5. The molecule has 0 aliphatic heterocycles. The first-order chi connectivity index (χ1) is 8.42. The van der Waals surface area contributed by atoms with E-state index in [0.717, 1.165) is 0 Å². The molecule has 1 atom stereocenters. The minimum atomic E-state index is -1.81. The average Bonchev–Trinajstić information content (AvgIpc) is 2.33. The van der Waals surface area contributed by atoms with E-state index in [4.69, 9.17) is 13.9 Å². The van der Waals surface area contributed by atoms with Crippen LogP contribution in [0.25, 0.3) is 0 Å². The summed E-state index contributed by atoms with van der Waals surface area (Å²) in [5.41, 5.74) is 0.710. The van der Waals surface area contributed by atoms with Gasteiger partial charge in [-0.2, -0.15) is 5.26 Å². The van der Waals surface area contributed by atoms with Crippen molar-refractivity contribution in [2.24, 2.45) is 0 Å². The van der Waals surface area contributed by atoms with Gasteiger partial charge in [0.25, 0.3) is 0 Å². The van der Waals surface area contributed by atoms with Gasteiger partial charge in [0.15, 0.2) is 25.9 Å². The number of rotatable bonds is 5. The van der Waals surface area contributed by atoms with Crippen LogP contribution in [-0.2, 0) is 4.43 Å². The number of para-hydroxylation sites is 1. The van der Waals surface area contributed by atoms with Crippen molar-refractivity contribution in [2.75, 3.05) is 14.2 Å². The van der Waals surface area contributed by atoms with Gasteiger partial charge in [-0.25, -0.2) is 0 Å². The lowest BCUT2D eigenvalue weighted by Crippen LogP contribution is -2.27. The first kappa shape index (κ1) is 14.5. The Morgan fingerprint density at radius 1 is 1.17 bits per heavy atom. The van der Waals surface area contributed by atoms with Gasteiger partial charge >= 0.3 is 0 Å². The second kappa shape index (κ2) is 5.89. The third-order valence-corrected chi connectivity index (χ3v) is 3.25. The molecule has 5 heteroatoms. The van der Waals surface area contributed by atoms with Gasteiger partial charge in [0, 0.05) is 5.56 Å². The van der Waals surface area contributed by atoms with Crippen LogP contribution in [0, 0.1) is 11.3 Å². The number of nitriles is 1. The molecule has 0 saturated heterocycles. The summed E-state index contributed by atoms with van der Waals surface area (Å²) in [6.45, 7) is 6.14. The molecule has 98 valence electrons. The Morgan fingerprint density at radius 2 is 1.83 bits per heavy atom. The molecule has 1 unspecified atom stereocenters. The van der Waals surface area contributed by atoms with Gasteiger partial charge < -0.3 is 13.9 Å². The molecule has 0 fully saturated rings. The summed E-state index contributed by atoms with van der Waals surface area (Å²) >= 11 is 0. The van der Waals surface area contributed by atoms with Crippen LogP contribution in [0.4, 0.5) is 0 Å². The van der Waals surface area contributed by atoms with Gasteiger partial charge in [-0.15, -0.1) is 0 Å². The van der Waals surface area contributed by atoms with Crippen molar-refractivity contribution in [1.29, 1.82) is 5.26 Å². The fraction of sp³-hybridized carbons (Fsp3) is 0.462. The first-order valence-corrected chi connectivity index (χ1v) is 9.12. The maximum atomic E-state index is 9.28. The van der Waals surface area contributed by atoms with Crippen molar-refractivity contribution >= 4 is 8.32 Å². The van der Waals surface area contributed by atoms with E-state index >= 15 is 0 Å². The zero-order valence-electron chi connectivity index (χ0n) is 11.5. The maximum Gasteiger partial charge on any atom is 0.186 e. The lowest BCUT2D eigenvalue weighted by atomic mass is 10.1. The Labute approximate surface area is 109 Å². The first-order valence-electron chi connectivity index (χ1n) is 5.71. The maximum absolute atomic E-state index is 9.28. The predicted molar refractivity (Wildman–Crippen MR) is 72.3 cm³/mol. The summed E-state index contributed by atoms with van der Waals surface area (Å²) in [6.07, 6.45) is -0.623. The molecule has 0 heterocycles. The smallest absolute Gasteiger partial charge is 0.186 e. The largest absolute Gasteiger partial charge is 0.493 e. The van der Waals surface area contributed by atoms with Gasteiger partial charge in [0.1, 0.15) is 0 Å². The molecule has 0 aliphatic carbocycles. The molecule has 1 rings (SSSR count). The standard InChI is InChI=1S/C13H19NO3Si/c1-15-11-8-6-7-10(13(11)16-2)12(9-14)17-18(3,4)5/h6-8,12H,1-5H3. The number of benzene rings is 1. The number of nitrogens with zero attached hydrogens (tertiary/aromatic N) is 1. The fourth-order valence-electron chi connectivity index (χ4n) is 1.63. The van der Waals surface area contributed by atoms with Crippen LogP contribution >= 0.6 is 0 Å². The van der Waals surface area contributed by atoms with Crippen LogP contribution in [0.3, 0.4) is 0 Å². The minimum absolute atomic E-state index is 0.560. The lowest BCUT2D eigenvalue weighted by molar-refractivity contribution is 0.245. The van der Waals surface area contributed by atoms with Crippen molar-refractivity contribution in [3.05, 3.63) is 23.8 Å². The second-order valence-electron chi connectivity index (χ2n) is 4.82. The van der Waals surface area contributed by atoms with E-state index < -0.39 is 14.4 Å². The fourth-order valence-corrected chi connectivity index (χ4v) is 2.52. The van der Waals surface area contributed by atoms with Crippen LogP contribution in [0.1, 0.15) is 11.7 Å². The van der Waals surface area contributed by atoms with Crippen LogP contribution < -0.4 is 9.47 Å². The van der Waals surface area contributed by atoms with Crippen molar-refractivity contribution in [1.82, 2.24) is 0 Å². The molecule has 1 aromatic carbocycles. The van der Waals surface area contributed by atoms with E-state index in [0.29, 0.717) is 17.1 Å². The Hall–Kier alpha value is -1.51. The third kappa shape index (κ3) is 3.49. The van der Waals surface area contributed by atoms with Crippen molar-refractivity contribution in [2.45, 2.75) is 25.7 Å². The van der Waals surface area contributed by atoms with E-state index in [2.05, 4.69) is 6.07 Å². The summed E-state index contributed by atoms with van der Waals surface area (Å²) < 4.78 is 16.4. The molecule has 0 bridgehead atoms. The highest BCUT2D eigenvalue weighted by Gasteiger charge is 2.25. The van der Waals surface area contributed by atoms with Gasteiger partial charge in [-0.05, 0) is 25.7 Å². The summed E-state index contributed by atoms with van der Waals surface area (Å²) in [6, 6.07) is 7.63. The van der Waals surface area contributed by atoms with Gasteiger partial charge in [0.2, 0.25) is 0 Å². The summed E-state index contributed by atoms with van der Waals surface area (Å²) in [5.74, 6) is 1.17. The normalized spacial score (nSPS) is 12.7. The monoisotopic (exact) mass is 265 g/mol. The lowest BCUT2D eigenvalue weighted by Gasteiger charge is -2.23. The van der Waals surface area contributed by atoms with Gasteiger partial charge in [-0.1, -0.05) is 12.1 Å².